The van der Waals surface area contributed by atoms with Crippen LogP contribution >= 0.6 is 0 Å². The van der Waals surface area contributed by atoms with Gasteiger partial charge in [0.2, 0.25) is 5.69 Å². The second kappa shape index (κ2) is 7.70. The van der Waals surface area contributed by atoms with Gasteiger partial charge in [-0.25, -0.2) is 0 Å². The Morgan fingerprint density at radius 3 is 2.54 bits per heavy atom. The van der Waals surface area contributed by atoms with Gasteiger partial charge in [0, 0.05) is 25.3 Å². The number of unbranched alkanes of at least 4 members (excludes halogenated alkanes) is 1. The van der Waals surface area contributed by atoms with Crippen molar-refractivity contribution in [1.29, 1.82) is 0 Å². The average molecular weight is 373 g/mol. The van der Waals surface area contributed by atoms with Crippen molar-refractivity contribution in [3.63, 3.8) is 0 Å². The van der Waals surface area contributed by atoms with Gasteiger partial charge in [-0.1, -0.05) is 57.0 Å². The Labute approximate surface area is 170 Å². The maximum absolute atomic E-state index is 2.64. The van der Waals surface area contributed by atoms with Crippen molar-refractivity contribution in [3.05, 3.63) is 65.4 Å². The fourth-order valence-corrected chi connectivity index (χ4v) is 5.19. The fraction of sp³-hybridized carbons (Fsp3) is 0.444. The quantitative estimate of drug-likeness (QED) is 0.429. The van der Waals surface area contributed by atoms with E-state index in [1.54, 1.807) is 0 Å². The third kappa shape index (κ3) is 3.05. The molecule has 3 aromatic rings. The van der Waals surface area contributed by atoms with Gasteiger partial charge in [-0.05, 0) is 54.8 Å². The molecule has 1 aliphatic heterocycles. The molecule has 0 saturated heterocycles. The van der Waals surface area contributed by atoms with E-state index in [2.05, 4.69) is 80.9 Å². The van der Waals surface area contributed by atoms with Crippen LogP contribution in [-0.4, -0.2) is 0 Å². The Kier molecular flexibility index (Phi) is 5.27. The van der Waals surface area contributed by atoms with Gasteiger partial charge in [0.1, 0.15) is 0 Å². The Balaban J connectivity index is 2.08. The molecule has 0 atom stereocenters. The summed E-state index contributed by atoms with van der Waals surface area (Å²) in [4.78, 5) is 0. The van der Waals surface area contributed by atoms with Crippen LogP contribution in [0.1, 0.15) is 69.6 Å². The molecule has 1 nitrogen and oxygen atoms in total. The summed E-state index contributed by atoms with van der Waals surface area (Å²) < 4.78 is 2.64. The minimum Gasteiger partial charge on any atom is -0.192 e. The van der Waals surface area contributed by atoms with Gasteiger partial charge in [0.15, 0.2) is 11.7 Å². The topological polar surface area (TPSA) is 3.88 Å². The van der Waals surface area contributed by atoms with E-state index in [9.17, 15) is 0 Å². The van der Waals surface area contributed by atoms with Crippen molar-refractivity contribution in [2.75, 3.05) is 0 Å². The van der Waals surface area contributed by atoms with Crippen LogP contribution in [0.15, 0.2) is 48.7 Å². The zero-order valence-electron chi connectivity index (χ0n) is 18.0. The van der Waals surface area contributed by atoms with Gasteiger partial charge in [-0.15, -0.1) is 0 Å². The van der Waals surface area contributed by atoms with Gasteiger partial charge in [-0.3, -0.25) is 0 Å². The molecule has 146 valence electrons. The molecule has 2 heterocycles. The van der Waals surface area contributed by atoms with Crippen LogP contribution in [0.25, 0.3) is 22.0 Å². The molecule has 0 fully saturated rings. The van der Waals surface area contributed by atoms with Crippen molar-refractivity contribution in [3.8, 4) is 11.3 Å². The number of pyridine rings is 1. The molecular weight excluding hydrogens is 338 g/mol. The summed E-state index contributed by atoms with van der Waals surface area (Å²) in [6.07, 6.45) is 10.8. The van der Waals surface area contributed by atoms with E-state index in [1.807, 2.05) is 0 Å². The summed E-state index contributed by atoms with van der Waals surface area (Å²) in [5, 5.41) is 2.87. The van der Waals surface area contributed by atoms with E-state index in [0.29, 0.717) is 0 Å². The second-order valence-corrected chi connectivity index (χ2v) is 8.61. The molecule has 28 heavy (non-hydrogen) atoms. The van der Waals surface area contributed by atoms with Crippen molar-refractivity contribution in [2.45, 2.75) is 78.2 Å². The molecule has 1 aliphatic rings. The molecule has 4 rings (SSSR count). The van der Waals surface area contributed by atoms with Crippen LogP contribution in [0, 0.1) is 6.92 Å². The highest BCUT2D eigenvalue weighted by atomic mass is 15.1. The number of rotatable bonds is 5. The first-order chi connectivity index (χ1) is 13.6. The predicted molar refractivity (Wildman–Crippen MR) is 120 cm³/mol. The van der Waals surface area contributed by atoms with Crippen LogP contribution in [0.5, 0.6) is 0 Å². The van der Waals surface area contributed by atoms with Crippen molar-refractivity contribution in [2.24, 2.45) is 0 Å². The molecule has 1 aromatic heterocycles. The van der Waals surface area contributed by atoms with Gasteiger partial charge in [-0.2, -0.15) is 4.57 Å². The lowest BCUT2D eigenvalue weighted by atomic mass is 9.86. The SMILES string of the molecule is CCCCc1cccc2c3[n+](ccc12)C(CC)(CC)CCc1ccc(C)cc1-3. The highest BCUT2D eigenvalue weighted by Crippen LogP contribution is 2.38. The summed E-state index contributed by atoms with van der Waals surface area (Å²) in [5.41, 5.74) is 7.45. The van der Waals surface area contributed by atoms with Gasteiger partial charge < -0.3 is 0 Å². The smallest absolute Gasteiger partial charge is 0.192 e. The first-order valence-corrected chi connectivity index (χ1v) is 11.2. The summed E-state index contributed by atoms with van der Waals surface area (Å²) >= 11 is 0. The van der Waals surface area contributed by atoms with Crippen molar-refractivity contribution >= 4 is 10.8 Å². The van der Waals surface area contributed by atoms with Crippen LogP contribution in [0.2, 0.25) is 0 Å². The van der Waals surface area contributed by atoms with E-state index in [1.165, 1.54) is 77.2 Å². The molecule has 0 saturated carbocycles. The Morgan fingerprint density at radius 2 is 1.79 bits per heavy atom. The fourth-order valence-electron chi connectivity index (χ4n) is 5.19. The number of aromatic nitrogens is 1. The maximum atomic E-state index is 2.64. The summed E-state index contributed by atoms with van der Waals surface area (Å²) in [7, 11) is 0. The first kappa shape index (κ1) is 19.2. The molecular formula is C27H34N+. The Hall–Kier alpha value is -2.15. The Bertz CT molecular complexity index is 995. The third-order valence-electron chi connectivity index (χ3n) is 7.09. The van der Waals surface area contributed by atoms with Gasteiger partial charge >= 0.3 is 0 Å². The minimum atomic E-state index is 0.204. The highest BCUT2D eigenvalue weighted by Gasteiger charge is 2.41. The summed E-state index contributed by atoms with van der Waals surface area (Å²) in [6.45, 7) is 9.23. The molecule has 0 radical (unpaired) electrons. The molecule has 0 aliphatic carbocycles. The van der Waals surface area contributed by atoms with E-state index in [0.717, 1.165) is 6.42 Å². The normalized spacial score (nSPS) is 15.1. The number of hydrogen-bond donors (Lipinski definition) is 0. The van der Waals surface area contributed by atoms with E-state index < -0.39 is 0 Å². The molecule has 0 spiro atoms. The second-order valence-electron chi connectivity index (χ2n) is 8.61. The van der Waals surface area contributed by atoms with Crippen molar-refractivity contribution < 1.29 is 4.57 Å². The zero-order chi connectivity index (χ0) is 19.7. The lowest BCUT2D eigenvalue weighted by Gasteiger charge is -2.26. The number of nitrogens with zero attached hydrogens (tertiary/aromatic N) is 1. The Morgan fingerprint density at radius 1 is 0.964 bits per heavy atom. The van der Waals surface area contributed by atoms with E-state index >= 15 is 0 Å². The van der Waals surface area contributed by atoms with Crippen molar-refractivity contribution in [1.82, 2.24) is 0 Å². The van der Waals surface area contributed by atoms with Gasteiger partial charge in [0.05, 0.1) is 10.9 Å². The van der Waals surface area contributed by atoms with Crippen LogP contribution in [0.3, 0.4) is 0 Å². The maximum Gasteiger partial charge on any atom is 0.221 e. The van der Waals surface area contributed by atoms with Crippen LogP contribution < -0.4 is 4.57 Å². The summed E-state index contributed by atoms with van der Waals surface area (Å²) in [5.74, 6) is 0. The van der Waals surface area contributed by atoms with Crippen LogP contribution in [0.4, 0.5) is 0 Å². The van der Waals surface area contributed by atoms with Gasteiger partial charge in [0.25, 0.3) is 0 Å². The zero-order valence-corrected chi connectivity index (χ0v) is 18.0. The first-order valence-electron chi connectivity index (χ1n) is 11.2. The molecule has 0 N–H and O–H groups in total. The highest BCUT2D eigenvalue weighted by molar-refractivity contribution is 5.95. The summed E-state index contributed by atoms with van der Waals surface area (Å²) in [6, 6.07) is 16.4. The number of aryl methyl sites for hydroxylation is 3. The lowest BCUT2D eigenvalue weighted by molar-refractivity contribution is -0.756. The molecule has 0 amide bonds. The standard InChI is InChI=1S/C27H34N/c1-5-8-10-21-11-9-12-24-23(21)16-18-28-26(24)25-19-20(4)13-14-22(25)15-17-27(28,6-2)7-3/h9,11-14,16,18-19H,5-8,10,15,17H2,1-4H3/q+1. The lowest BCUT2D eigenvalue weighted by Crippen LogP contribution is -2.56. The third-order valence-corrected chi connectivity index (χ3v) is 7.09. The largest absolute Gasteiger partial charge is 0.221 e. The molecule has 2 aromatic carbocycles. The van der Waals surface area contributed by atoms with E-state index in [-0.39, 0.29) is 5.54 Å². The number of fused-ring (bicyclic) bond motifs is 5. The monoisotopic (exact) mass is 372 g/mol. The molecule has 0 unspecified atom stereocenters. The van der Waals surface area contributed by atoms with Crippen LogP contribution in [-0.2, 0) is 18.4 Å². The average Bonchev–Trinajstić information content (AvgIpc) is 2.87. The number of hydrogen-bond acceptors (Lipinski definition) is 0. The number of benzene rings is 2. The predicted octanol–water partition coefficient (Wildman–Crippen LogP) is 6.91. The minimum absolute atomic E-state index is 0.204. The van der Waals surface area contributed by atoms with E-state index in [4.69, 9.17) is 0 Å². The molecule has 1 heteroatoms. The molecule has 0 bridgehead atoms.